The van der Waals surface area contributed by atoms with E-state index in [4.69, 9.17) is 0 Å². The molecule has 5 nitrogen and oxygen atoms in total. The van der Waals surface area contributed by atoms with Crippen molar-refractivity contribution >= 4 is 11.8 Å². The molecule has 0 amide bonds. The largest absolute Gasteiger partial charge is 0.369 e. The Morgan fingerprint density at radius 2 is 2.20 bits per heavy atom. The number of anilines is 2. The van der Waals surface area contributed by atoms with Crippen LogP contribution in [0.1, 0.15) is 12.5 Å². The fourth-order valence-electron chi connectivity index (χ4n) is 1.72. The van der Waals surface area contributed by atoms with Gasteiger partial charge in [0.15, 0.2) is 0 Å². The standard InChI is InChI=1S/C10H16N4O/c1-6-4-7-8(11-5-6)12-10(14(2)3)13-9(7)15/h6H,4-5H2,1-3H3,(H2,11,12,13,15). The molecule has 1 aromatic heterocycles. The van der Waals surface area contributed by atoms with Crippen molar-refractivity contribution in [1.82, 2.24) is 9.97 Å². The van der Waals surface area contributed by atoms with E-state index < -0.39 is 0 Å². The molecule has 0 saturated heterocycles. The fourth-order valence-corrected chi connectivity index (χ4v) is 1.72. The third-order valence-corrected chi connectivity index (χ3v) is 2.60. The van der Waals surface area contributed by atoms with Gasteiger partial charge < -0.3 is 10.2 Å². The zero-order chi connectivity index (χ0) is 11.0. The van der Waals surface area contributed by atoms with E-state index in [0.29, 0.717) is 11.9 Å². The first kappa shape index (κ1) is 10.0. The average molecular weight is 208 g/mol. The van der Waals surface area contributed by atoms with Gasteiger partial charge in [-0.15, -0.1) is 0 Å². The number of rotatable bonds is 1. The van der Waals surface area contributed by atoms with Crippen molar-refractivity contribution in [1.29, 1.82) is 0 Å². The number of H-pyrrole nitrogens is 1. The van der Waals surface area contributed by atoms with Crippen molar-refractivity contribution in [2.45, 2.75) is 13.3 Å². The van der Waals surface area contributed by atoms with Gasteiger partial charge in [0, 0.05) is 20.6 Å². The van der Waals surface area contributed by atoms with E-state index >= 15 is 0 Å². The molecule has 5 heteroatoms. The number of nitrogens with zero attached hydrogens (tertiary/aromatic N) is 2. The van der Waals surface area contributed by atoms with Gasteiger partial charge in [0.25, 0.3) is 5.56 Å². The summed E-state index contributed by atoms with van der Waals surface area (Å²) in [5.41, 5.74) is 0.752. The highest BCUT2D eigenvalue weighted by Gasteiger charge is 2.19. The van der Waals surface area contributed by atoms with Gasteiger partial charge in [-0.1, -0.05) is 6.92 Å². The van der Waals surface area contributed by atoms with Gasteiger partial charge in [-0.05, 0) is 12.3 Å². The topological polar surface area (TPSA) is 61.0 Å². The molecular weight excluding hydrogens is 192 g/mol. The summed E-state index contributed by atoms with van der Waals surface area (Å²) < 4.78 is 0. The van der Waals surface area contributed by atoms with Crippen LogP contribution in [0.2, 0.25) is 0 Å². The lowest BCUT2D eigenvalue weighted by atomic mass is 9.99. The van der Waals surface area contributed by atoms with Crippen molar-refractivity contribution in [3.63, 3.8) is 0 Å². The second-order valence-electron chi connectivity index (χ2n) is 4.30. The number of hydrogen-bond donors (Lipinski definition) is 2. The van der Waals surface area contributed by atoms with Crippen LogP contribution in [0.4, 0.5) is 11.8 Å². The molecule has 1 aromatic rings. The maximum absolute atomic E-state index is 11.8. The van der Waals surface area contributed by atoms with Crippen molar-refractivity contribution in [2.24, 2.45) is 5.92 Å². The van der Waals surface area contributed by atoms with E-state index in [9.17, 15) is 4.79 Å². The summed E-state index contributed by atoms with van der Waals surface area (Å²) in [5.74, 6) is 1.83. The van der Waals surface area contributed by atoms with Crippen LogP contribution >= 0.6 is 0 Å². The van der Waals surface area contributed by atoms with Gasteiger partial charge in [0.05, 0.1) is 5.56 Å². The lowest BCUT2D eigenvalue weighted by molar-refractivity contribution is 0.585. The van der Waals surface area contributed by atoms with Gasteiger partial charge in [-0.3, -0.25) is 9.78 Å². The van der Waals surface area contributed by atoms with E-state index in [-0.39, 0.29) is 5.56 Å². The van der Waals surface area contributed by atoms with Gasteiger partial charge in [0.1, 0.15) is 5.82 Å². The molecule has 2 heterocycles. The number of fused-ring (bicyclic) bond motifs is 1. The molecule has 1 aliphatic rings. The quantitative estimate of drug-likeness (QED) is 0.703. The molecule has 0 saturated carbocycles. The molecule has 1 unspecified atom stereocenters. The third kappa shape index (κ3) is 1.82. The van der Waals surface area contributed by atoms with E-state index in [2.05, 4.69) is 22.2 Å². The molecule has 0 fully saturated rings. The normalized spacial score (nSPS) is 19.3. The summed E-state index contributed by atoms with van der Waals surface area (Å²) in [7, 11) is 3.71. The van der Waals surface area contributed by atoms with Gasteiger partial charge in [-0.25, -0.2) is 0 Å². The molecule has 0 bridgehead atoms. The van der Waals surface area contributed by atoms with Gasteiger partial charge >= 0.3 is 0 Å². The van der Waals surface area contributed by atoms with Crippen molar-refractivity contribution < 1.29 is 0 Å². The maximum atomic E-state index is 11.8. The van der Waals surface area contributed by atoms with E-state index in [1.165, 1.54) is 0 Å². The lowest BCUT2D eigenvalue weighted by Crippen LogP contribution is -2.30. The Bertz CT molecular complexity index is 424. The number of hydrogen-bond acceptors (Lipinski definition) is 4. The van der Waals surface area contributed by atoms with Crippen molar-refractivity contribution in [3.05, 3.63) is 15.9 Å². The Labute approximate surface area is 88.5 Å². The number of nitrogens with one attached hydrogen (secondary N) is 2. The summed E-state index contributed by atoms with van der Waals surface area (Å²) in [4.78, 5) is 20.7. The minimum atomic E-state index is -0.0252. The van der Waals surface area contributed by atoms with E-state index in [1.807, 2.05) is 14.1 Å². The highest BCUT2D eigenvalue weighted by Crippen LogP contribution is 2.20. The first-order valence-corrected chi connectivity index (χ1v) is 5.12. The molecule has 1 aliphatic heterocycles. The molecule has 1 atom stereocenters. The fraction of sp³-hybridized carbons (Fsp3) is 0.600. The molecule has 0 spiro atoms. The van der Waals surface area contributed by atoms with E-state index in [1.54, 1.807) is 4.90 Å². The van der Waals surface area contributed by atoms with Crippen LogP contribution in [-0.4, -0.2) is 30.6 Å². The first-order chi connectivity index (χ1) is 7.08. The Morgan fingerprint density at radius 3 is 2.87 bits per heavy atom. The van der Waals surface area contributed by atoms with Crippen LogP contribution in [0.25, 0.3) is 0 Å². The van der Waals surface area contributed by atoms with Crippen LogP contribution in [0.3, 0.4) is 0 Å². The lowest BCUT2D eigenvalue weighted by Gasteiger charge is -2.23. The first-order valence-electron chi connectivity index (χ1n) is 5.12. The molecule has 0 aliphatic carbocycles. The summed E-state index contributed by atoms with van der Waals surface area (Å²) in [6, 6.07) is 0. The van der Waals surface area contributed by atoms with Crippen LogP contribution in [-0.2, 0) is 6.42 Å². The third-order valence-electron chi connectivity index (χ3n) is 2.60. The maximum Gasteiger partial charge on any atom is 0.257 e. The minimum Gasteiger partial charge on any atom is -0.369 e. The second kappa shape index (κ2) is 3.56. The van der Waals surface area contributed by atoms with Crippen molar-refractivity contribution in [2.75, 3.05) is 30.9 Å². The highest BCUT2D eigenvalue weighted by atomic mass is 16.1. The number of aromatic amines is 1. The van der Waals surface area contributed by atoms with Crippen LogP contribution < -0.4 is 15.8 Å². The Kier molecular flexibility index (Phi) is 2.38. The predicted molar refractivity (Wildman–Crippen MR) is 60.5 cm³/mol. The zero-order valence-corrected chi connectivity index (χ0v) is 9.29. The molecule has 82 valence electrons. The van der Waals surface area contributed by atoms with E-state index in [0.717, 1.165) is 24.3 Å². The predicted octanol–water partition coefficient (Wildman–Crippen LogP) is 0.440. The smallest absolute Gasteiger partial charge is 0.257 e. The Hall–Kier alpha value is -1.52. The van der Waals surface area contributed by atoms with Crippen LogP contribution in [0.5, 0.6) is 0 Å². The SMILES string of the molecule is CC1CNc2nc(N(C)C)[nH]c(=O)c2C1. The molecule has 0 aromatic carbocycles. The van der Waals surface area contributed by atoms with Gasteiger partial charge in [-0.2, -0.15) is 4.98 Å². The summed E-state index contributed by atoms with van der Waals surface area (Å²) in [6.45, 7) is 3.01. The van der Waals surface area contributed by atoms with Gasteiger partial charge in [0.2, 0.25) is 5.95 Å². The molecule has 0 radical (unpaired) electrons. The Morgan fingerprint density at radius 1 is 1.47 bits per heavy atom. The molecule has 15 heavy (non-hydrogen) atoms. The molecule has 2 rings (SSSR count). The molecule has 2 N–H and O–H groups in total. The summed E-state index contributed by atoms with van der Waals surface area (Å²) in [6.07, 6.45) is 0.804. The Balaban J connectivity index is 2.48. The highest BCUT2D eigenvalue weighted by molar-refractivity contribution is 5.49. The summed E-state index contributed by atoms with van der Waals surface area (Å²) in [5, 5.41) is 3.19. The van der Waals surface area contributed by atoms with Crippen LogP contribution in [0.15, 0.2) is 4.79 Å². The monoisotopic (exact) mass is 208 g/mol. The van der Waals surface area contributed by atoms with Crippen LogP contribution in [0, 0.1) is 5.92 Å². The number of aromatic nitrogens is 2. The summed E-state index contributed by atoms with van der Waals surface area (Å²) >= 11 is 0. The second-order valence-corrected chi connectivity index (χ2v) is 4.30. The zero-order valence-electron chi connectivity index (χ0n) is 9.29. The van der Waals surface area contributed by atoms with Crippen molar-refractivity contribution in [3.8, 4) is 0 Å². The average Bonchev–Trinajstić information content (AvgIpc) is 2.18. The molecular formula is C10H16N4O. The minimum absolute atomic E-state index is 0.0252.